The van der Waals surface area contributed by atoms with Crippen molar-refractivity contribution >= 4 is 5.91 Å². The third kappa shape index (κ3) is 4.13. The van der Waals surface area contributed by atoms with Gasteiger partial charge in [0.05, 0.1) is 17.3 Å². The van der Waals surface area contributed by atoms with Crippen molar-refractivity contribution in [3.63, 3.8) is 0 Å². The lowest BCUT2D eigenvalue weighted by Gasteiger charge is -2.38. The SMILES string of the molecule is Cc1ccc(C(=O)N2CCCC2c2nc3c(c(=O)[nH]2)CN(C2CCC(C)CC2)CC3)cc1. The summed E-state index contributed by atoms with van der Waals surface area (Å²) in [7, 11) is 0. The Morgan fingerprint density at radius 2 is 1.81 bits per heavy atom. The molecule has 1 aromatic heterocycles. The standard InChI is InChI=1S/C26H34N4O2/c1-17-5-9-19(10-6-17)26(32)30-14-3-4-23(30)24-27-22-13-15-29(16-21(22)25(31)28-24)20-11-7-18(2)8-12-20/h5-6,9-10,18,20,23H,3-4,7-8,11-16H2,1-2H3,(H,27,28,31). The molecule has 5 rings (SSSR count). The maximum Gasteiger partial charge on any atom is 0.255 e. The molecule has 32 heavy (non-hydrogen) atoms. The quantitative estimate of drug-likeness (QED) is 0.793. The Kier molecular flexibility index (Phi) is 5.89. The Balaban J connectivity index is 1.35. The van der Waals surface area contributed by atoms with E-state index in [2.05, 4.69) is 16.8 Å². The molecule has 2 aromatic rings. The van der Waals surface area contributed by atoms with E-state index in [9.17, 15) is 9.59 Å². The lowest BCUT2D eigenvalue weighted by molar-refractivity contribution is 0.0729. The van der Waals surface area contributed by atoms with E-state index in [0.717, 1.165) is 48.5 Å². The number of hydrogen-bond donors (Lipinski definition) is 1. The van der Waals surface area contributed by atoms with Gasteiger partial charge in [-0.15, -0.1) is 0 Å². The number of aromatic amines is 1. The maximum atomic E-state index is 13.2. The first-order valence-electron chi connectivity index (χ1n) is 12.2. The van der Waals surface area contributed by atoms with Crippen molar-refractivity contribution in [2.45, 2.75) is 77.4 Å². The third-order valence-corrected chi connectivity index (χ3v) is 7.75. The fourth-order valence-electron chi connectivity index (χ4n) is 5.70. The normalized spacial score (nSPS) is 26.2. The molecule has 6 nitrogen and oxygen atoms in total. The zero-order valence-electron chi connectivity index (χ0n) is 19.3. The number of carbonyl (C=O) groups excluding carboxylic acids is 1. The molecule has 0 bridgehead atoms. The van der Waals surface area contributed by atoms with E-state index >= 15 is 0 Å². The van der Waals surface area contributed by atoms with Gasteiger partial charge in [-0.1, -0.05) is 24.6 Å². The molecule has 1 aromatic carbocycles. The number of rotatable bonds is 3. The second kappa shape index (κ2) is 8.81. The van der Waals surface area contributed by atoms with Gasteiger partial charge < -0.3 is 9.88 Å². The van der Waals surface area contributed by atoms with Gasteiger partial charge in [0.15, 0.2) is 0 Å². The number of likely N-dealkylation sites (tertiary alicyclic amines) is 1. The Hall–Kier alpha value is -2.47. The van der Waals surface area contributed by atoms with Gasteiger partial charge in [-0.05, 0) is 63.5 Å². The molecule has 3 aliphatic rings. The summed E-state index contributed by atoms with van der Waals surface area (Å²) >= 11 is 0. The molecule has 170 valence electrons. The van der Waals surface area contributed by atoms with Crippen LogP contribution in [0.2, 0.25) is 0 Å². The van der Waals surface area contributed by atoms with E-state index in [-0.39, 0.29) is 17.5 Å². The molecule has 6 heteroatoms. The van der Waals surface area contributed by atoms with Gasteiger partial charge in [-0.2, -0.15) is 0 Å². The van der Waals surface area contributed by atoms with Crippen LogP contribution in [0.25, 0.3) is 0 Å². The van der Waals surface area contributed by atoms with E-state index < -0.39 is 0 Å². The van der Waals surface area contributed by atoms with Crippen LogP contribution in [0.4, 0.5) is 0 Å². The number of nitrogens with zero attached hydrogens (tertiary/aromatic N) is 3. The molecule has 1 N–H and O–H groups in total. The van der Waals surface area contributed by atoms with Crippen molar-refractivity contribution in [1.29, 1.82) is 0 Å². The zero-order chi connectivity index (χ0) is 22.2. The Bertz CT molecular complexity index is 1040. The largest absolute Gasteiger partial charge is 0.328 e. The fraction of sp³-hybridized carbons (Fsp3) is 0.577. The van der Waals surface area contributed by atoms with Gasteiger partial charge in [0, 0.05) is 37.7 Å². The van der Waals surface area contributed by atoms with Crippen molar-refractivity contribution in [2.24, 2.45) is 5.92 Å². The number of carbonyl (C=O) groups is 1. The van der Waals surface area contributed by atoms with Gasteiger partial charge in [-0.3, -0.25) is 14.5 Å². The van der Waals surface area contributed by atoms with Crippen molar-refractivity contribution in [3.8, 4) is 0 Å². The molecule has 3 heterocycles. The Labute approximate surface area is 190 Å². The smallest absolute Gasteiger partial charge is 0.255 e. The van der Waals surface area contributed by atoms with Crippen molar-refractivity contribution in [3.05, 3.63) is 62.8 Å². The lowest BCUT2D eigenvalue weighted by Crippen LogP contribution is -2.44. The number of aromatic nitrogens is 2. The summed E-state index contributed by atoms with van der Waals surface area (Å²) in [6, 6.07) is 8.15. The second-order valence-corrected chi connectivity index (χ2v) is 10.0. The minimum atomic E-state index is -0.153. The van der Waals surface area contributed by atoms with Gasteiger partial charge in [0.25, 0.3) is 11.5 Å². The Morgan fingerprint density at radius 3 is 2.56 bits per heavy atom. The fourth-order valence-corrected chi connectivity index (χ4v) is 5.70. The molecule has 1 amide bonds. The van der Waals surface area contributed by atoms with Crippen LogP contribution in [-0.4, -0.2) is 44.8 Å². The van der Waals surface area contributed by atoms with Crippen LogP contribution in [0.1, 0.15) is 84.5 Å². The van der Waals surface area contributed by atoms with E-state index in [1.807, 2.05) is 36.1 Å². The summed E-state index contributed by atoms with van der Waals surface area (Å²) in [5, 5.41) is 0. The van der Waals surface area contributed by atoms with E-state index in [1.54, 1.807) is 0 Å². The van der Waals surface area contributed by atoms with Gasteiger partial charge >= 0.3 is 0 Å². The van der Waals surface area contributed by atoms with Crippen LogP contribution >= 0.6 is 0 Å². The molecular weight excluding hydrogens is 400 g/mol. The van der Waals surface area contributed by atoms with Gasteiger partial charge in [0.1, 0.15) is 5.82 Å². The third-order valence-electron chi connectivity index (χ3n) is 7.75. The molecule has 0 radical (unpaired) electrons. The number of benzene rings is 1. The molecule has 2 aliphatic heterocycles. The number of aryl methyl sites for hydroxylation is 1. The highest BCUT2D eigenvalue weighted by Gasteiger charge is 2.34. The predicted molar refractivity (Wildman–Crippen MR) is 125 cm³/mol. The van der Waals surface area contributed by atoms with Gasteiger partial charge in [-0.25, -0.2) is 4.98 Å². The minimum absolute atomic E-state index is 0.0190. The van der Waals surface area contributed by atoms with Crippen molar-refractivity contribution < 1.29 is 4.79 Å². The first kappa shape index (κ1) is 21.4. The molecule has 1 saturated heterocycles. The number of nitrogens with one attached hydrogen (secondary N) is 1. The number of fused-ring (bicyclic) bond motifs is 1. The van der Waals surface area contributed by atoms with Crippen molar-refractivity contribution in [1.82, 2.24) is 19.8 Å². The summed E-state index contributed by atoms with van der Waals surface area (Å²) < 4.78 is 0. The summed E-state index contributed by atoms with van der Waals surface area (Å²) in [4.78, 5) is 38.6. The minimum Gasteiger partial charge on any atom is -0.328 e. The summed E-state index contributed by atoms with van der Waals surface area (Å²) in [6.07, 6.45) is 7.62. The summed E-state index contributed by atoms with van der Waals surface area (Å²) in [6.45, 7) is 6.73. The average molecular weight is 435 g/mol. The molecule has 1 unspecified atom stereocenters. The highest BCUT2D eigenvalue weighted by Crippen LogP contribution is 2.33. The highest BCUT2D eigenvalue weighted by atomic mass is 16.2. The van der Waals surface area contributed by atoms with E-state index in [4.69, 9.17) is 4.98 Å². The molecule has 0 spiro atoms. The van der Waals surface area contributed by atoms with E-state index in [0.29, 0.717) is 30.5 Å². The van der Waals surface area contributed by atoms with Crippen molar-refractivity contribution in [2.75, 3.05) is 13.1 Å². The van der Waals surface area contributed by atoms with Crippen LogP contribution < -0.4 is 5.56 Å². The van der Waals surface area contributed by atoms with Crippen LogP contribution in [0.3, 0.4) is 0 Å². The topological polar surface area (TPSA) is 69.3 Å². The maximum absolute atomic E-state index is 13.2. The van der Waals surface area contributed by atoms with Crippen LogP contribution in [0, 0.1) is 12.8 Å². The second-order valence-electron chi connectivity index (χ2n) is 10.0. The van der Waals surface area contributed by atoms with Crippen LogP contribution in [-0.2, 0) is 13.0 Å². The Morgan fingerprint density at radius 1 is 1.06 bits per heavy atom. The monoisotopic (exact) mass is 434 g/mol. The van der Waals surface area contributed by atoms with Crippen LogP contribution in [0.5, 0.6) is 0 Å². The first-order chi connectivity index (χ1) is 15.5. The molecule has 1 saturated carbocycles. The van der Waals surface area contributed by atoms with E-state index in [1.165, 1.54) is 25.7 Å². The highest BCUT2D eigenvalue weighted by molar-refractivity contribution is 5.94. The number of hydrogen-bond acceptors (Lipinski definition) is 4. The summed E-state index contributed by atoms with van der Waals surface area (Å²) in [5.41, 5.74) is 3.57. The molecule has 1 atom stereocenters. The summed E-state index contributed by atoms with van der Waals surface area (Å²) in [5.74, 6) is 1.50. The lowest BCUT2D eigenvalue weighted by atomic mass is 9.86. The molecular formula is C26H34N4O2. The first-order valence-corrected chi connectivity index (χ1v) is 12.2. The molecule has 1 aliphatic carbocycles. The average Bonchev–Trinajstić information content (AvgIpc) is 3.29. The predicted octanol–water partition coefficient (Wildman–Crippen LogP) is 3.99. The number of H-pyrrole nitrogens is 1. The van der Waals surface area contributed by atoms with Gasteiger partial charge in [0.2, 0.25) is 0 Å². The molecule has 2 fully saturated rings. The zero-order valence-corrected chi connectivity index (χ0v) is 19.3. The number of amides is 1. The van der Waals surface area contributed by atoms with Crippen LogP contribution in [0.15, 0.2) is 29.1 Å².